The predicted molar refractivity (Wildman–Crippen MR) is 82.5 cm³/mol. The van der Waals surface area contributed by atoms with Crippen LogP contribution in [0.3, 0.4) is 0 Å². The van der Waals surface area contributed by atoms with Crippen molar-refractivity contribution in [1.29, 1.82) is 0 Å². The Kier molecular flexibility index (Phi) is 3.89. The van der Waals surface area contributed by atoms with E-state index < -0.39 is 0 Å². The monoisotopic (exact) mass is 316 g/mol. The molecule has 0 saturated heterocycles. The average molecular weight is 317 g/mol. The fourth-order valence-electron chi connectivity index (χ4n) is 1.72. The summed E-state index contributed by atoms with van der Waals surface area (Å²) in [6, 6.07) is 7.47. The molecular formula is C14H9ClN4OS. The molecule has 0 unspecified atom stereocenters. The van der Waals surface area contributed by atoms with Crippen molar-refractivity contribution in [3.63, 3.8) is 0 Å². The zero-order chi connectivity index (χ0) is 14.7. The number of nitrogens with zero attached hydrogens (tertiary/aromatic N) is 3. The Bertz CT molecular complexity index is 759. The van der Waals surface area contributed by atoms with Gasteiger partial charge in [-0.25, -0.2) is 15.0 Å². The molecule has 1 N–H and O–H groups in total. The Morgan fingerprint density at radius 2 is 2.10 bits per heavy atom. The summed E-state index contributed by atoms with van der Waals surface area (Å²) in [7, 11) is 0. The molecule has 1 amide bonds. The maximum absolute atomic E-state index is 12.1. The molecule has 0 bridgehead atoms. The number of anilines is 1. The van der Waals surface area contributed by atoms with Crippen LogP contribution in [0.4, 0.5) is 5.69 Å². The highest BCUT2D eigenvalue weighted by atomic mass is 35.5. The molecule has 0 radical (unpaired) electrons. The lowest BCUT2D eigenvalue weighted by Crippen LogP contribution is -2.13. The smallest absolute Gasteiger partial charge is 0.275 e. The van der Waals surface area contributed by atoms with Gasteiger partial charge in [0.15, 0.2) is 0 Å². The van der Waals surface area contributed by atoms with E-state index in [2.05, 4.69) is 20.3 Å². The largest absolute Gasteiger partial charge is 0.321 e. The van der Waals surface area contributed by atoms with E-state index in [1.165, 1.54) is 12.4 Å². The third-order valence-corrected chi connectivity index (χ3v) is 3.67. The molecule has 3 rings (SSSR count). The van der Waals surface area contributed by atoms with Crippen molar-refractivity contribution in [2.75, 3.05) is 5.32 Å². The summed E-state index contributed by atoms with van der Waals surface area (Å²) in [4.78, 5) is 24.1. The quantitative estimate of drug-likeness (QED) is 0.803. The van der Waals surface area contributed by atoms with Crippen LogP contribution in [0.15, 0.2) is 48.2 Å². The normalized spacial score (nSPS) is 10.3. The second kappa shape index (κ2) is 5.99. The molecule has 0 spiro atoms. The molecule has 0 saturated carbocycles. The number of rotatable bonds is 3. The standard InChI is InChI=1S/C14H9ClN4OS/c15-12-8-17-11(7-18-12)13(20)19-10-3-1-2-9(6-10)14-16-4-5-21-14/h1-8H,(H,19,20). The lowest BCUT2D eigenvalue weighted by molar-refractivity contribution is 0.102. The molecule has 21 heavy (non-hydrogen) atoms. The summed E-state index contributed by atoms with van der Waals surface area (Å²) in [5.41, 5.74) is 1.83. The average Bonchev–Trinajstić information content (AvgIpc) is 3.02. The maximum atomic E-state index is 12.1. The van der Waals surface area contributed by atoms with Gasteiger partial charge in [-0.1, -0.05) is 23.7 Å². The van der Waals surface area contributed by atoms with E-state index in [0.29, 0.717) is 5.69 Å². The Morgan fingerprint density at radius 3 is 2.81 bits per heavy atom. The Morgan fingerprint density at radius 1 is 1.19 bits per heavy atom. The number of thiazole rings is 1. The molecule has 0 atom stereocenters. The molecule has 2 aromatic heterocycles. The van der Waals surface area contributed by atoms with Crippen molar-refractivity contribution in [1.82, 2.24) is 15.0 Å². The van der Waals surface area contributed by atoms with Gasteiger partial charge in [0.05, 0.1) is 12.4 Å². The van der Waals surface area contributed by atoms with Gasteiger partial charge in [-0.15, -0.1) is 11.3 Å². The van der Waals surface area contributed by atoms with Gasteiger partial charge < -0.3 is 5.32 Å². The van der Waals surface area contributed by atoms with Crippen LogP contribution in [0, 0.1) is 0 Å². The lowest BCUT2D eigenvalue weighted by Gasteiger charge is -2.05. The number of nitrogens with one attached hydrogen (secondary N) is 1. The Hall–Kier alpha value is -2.31. The van der Waals surface area contributed by atoms with E-state index in [1.807, 2.05) is 23.6 Å². The number of aromatic nitrogens is 3. The van der Waals surface area contributed by atoms with E-state index in [-0.39, 0.29) is 16.8 Å². The predicted octanol–water partition coefficient (Wildman–Crippen LogP) is 3.51. The van der Waals surface area contributed by atoms with Gasteiger partial charge in [-0.2, -0.15) is 0 Å². The first-order valence-electron chi connectivity index (χ1n) is 6.01. The topological polar surface area (TPSA) is 67.8 Å². The molecule has 5 nitrogen and oxygen atoms in total. The fourth-order valence-corrected chi connectivity index (χ4v) is 2.45. The summed E-state index contributed by atoms with van der Waals surface area (Å²) >= 11 is 7.18. The molecular weight excluding hydrogens is 308 g/mol. The second-order valence-electron chi connectivity index (χ2n) is 4.10. The van der Waals surface area contributed by atoms with E-state index in [0.717, 1.165) is 10.6 Å². The zero-order valence-corrected chi connectivity index (χ0v) is 12.2. The minimum atomic E-state index is -0.338. The van der Waals surface area contributed by atoms with Crippen LogP contribution in [0.2, 0.25) is 5.15 Å². The van der Waals surface area contributed by atoms with Crippen molar-refractivity contribution in [3.8, 4) is 10.6 Å². The van der Waals surface area contributed by atoms with Crippen molar-refractivity contribution in [3.05, 3.63) is 59.1 Å². The van der Waals surface area contributed by atoms with Gasteiger partial charge >= 0.3 is 0 Å². The molecule has 0 aliphatic carbocycles. The van der Waals surface area contributed by atoms with Crippen LogP contribution in [0.1, 0.15) is 10.5 Å². The third-order valence-electron chi connectivity index (χ3n) is 2.65. The van der Waals surface area contributed by atoms with Crippen LogP contribution in [-0.4, -0.2) is 20.9 Å². The Balaban J connectivity index is 1.80. The number of hydrogen-bond acceptors (Lipinski definition) is 5. The minimum Gasteiger partial charge on any atom is -0.321 e. The first-order valence-corrected chi connectivity index (χ1v) is 7.27. The van der Waals surface area contributed by atoms with Gasteiger partial charge in [0.1, 0.15) is 15.9 Å². The molecule has 3 aromatic rings. The SMILES string of the molecule is O=C(Nc1cccc(-c2nccs2)c1)c1cnc(Cl)cn1. The molecule has 104 valence electrons. The van der Waals surface area contributed by atoms with Crippen LogP contribution >= 0.6 is 22.9 Å². The van der Waals surface area contributed by atoms with Gasteiger partial charge in [0.2, 0.25) is 0 Å². The minimum absolute atomic E-state index is 0.207. The molecule has 1 aromatic carbocycles. The molecule has 7 heteroatoms. The number of benzene rings is 1. The number of carbonyl (C=O) groups is 1. The first kappa shape index (κ1) is 13.7. The zero-order valence-electron chi connectivity index (χ0n) is 10.7. The Labute approximate surface area is 129 Å². The number of carbonyl (C=O) groups excluding carboxylic acids is 1. The van der Waals surface area contributed by atoms with Gasteiger partial charge in [0, 0.05) is 22.8 Å². The summed E-state index contributed by atoms with van der Waals surface area (Å²) in [5.74, 6) is -0.338. The van der Waals surface area contributed by atoms with Crippen LogP contribution < -0.4 is 5.32 Å². The first-order chi connectivity index (χ1) is 10.2. The van der Waals surface area contributed by atoms with Crippen LogP contribution in [0.25, 0.3) is 10.6 Å². The summed E-state index contributed by atoms with van der Waals surface area (Å²) in [6.07, 6.45) is 4.42. The lowest BCUT2D eigenvalue weighted by atomic mass is 10.2. The van der Waals surface area contributed by atoms with E-state index in [9.17, 15) is 4.79 Å². The van der Waals surface area contributed by atoms with Crippen molar-refractivity contribution in [2.45, 2.75) is 0 Å². The number of hydrogen-bond donors (Lipinski definition) is 1. The van der Waals surface area contributed by atoms with Crippen LogP contribution in [0.5, 0.6) is 0 Å². The molecule has 0 fully saturated rings. The highest BCUT2D eigenvalue weighted by Gasteiger charge is 2.09. The van der Waals surface area contributed by atoms with Gasteiger partial charge in [0.25, 0.3) is 5.91 Å². The summed E-state index contributed by atoms with van der Waals surface area (Å²) in [6.45, 7) is 0. The highest BCUT2D eigenvalue weighted by Crippen LogP contribution is 2.24. The third kappa shape index (κ3) is 3.24. The molecule has 2 heterocycles. The second-order valence-corrected chi connectivity index (χ2v) is 5.38. The number of amides is 1. The van der Waals surface area contributed by atoms with Crippen molar-refractivity contribution < 1.29 is 4.79 Å². The molecule has 0 aliphatic heterocycles. The number of halogens is 1. The van der Waals surface area contributed by atoms with E-state index in [1.54, 1.807) is 23.6 Å². The van der Waals surface area contributed by atoms with E-state index in [4.69, 9.17) is 11.6 Å². The summed E-state index contributed by atoms with van der Waals surface area (Å²) < 4.78 is 0. The van der Waals surface area contributed by atoms with Crippen molar-refractivity contribution in [2.24, 2.45) is 0 Å². The molecule has 0 aliphatic rings. The van der Waals surface area contributed by atoms with Gasteiger partial charge in [-0.3, -0.25) is 4.79 Å². The maximum Gasteiger partial charge on any atom is 0.275 e. The van der Waals surface area contributed by atoms with E-state index >= 15 is 0 Å². The van der Waals surface area contributed by atoms with Gasteiger partial charge in [-0.05, 0) is 12.1 Å². The van der Waals surface area contributed by atoms with Crippen molar-refractivity contribution >= 4 is 34.5 Å². The highest BCUT2D eigenvalue weighted by molar-refractivity contribution is 7.13. The summed E-state index contributed by atoms with van der Waals surface area (Å²) in [5, 5.41) is 5.83. The van der Waals surface area contributed by atoms with Crippen LogP contribution in [-0.2, 0) is 0 Å². The fraction of sp³-hybridized carbons (Fsp3) is 0.